The summed E-state index contributed by atoms with van der Waals surface area (Å²) in [5.74, 6) is -0.634. The van der Waals surface area contributed by atoms with Gasteiger partial charge in [-0.05, 0) is 60.0 Å². The molecule has 1 aliphatic heterocycles. The number of ether oxygens (including phenoxy) is 2. The van der Waals surface area contributed by atoms with E-state index in [0.29, 0.717) is 16.1 Å². The molecule has 2 aromatic carbocycles. The van der Waals surface area contributed by atoms with Crippen molar-refractivity contribution in [2.75, 3.05) is 13.2 Å². The number of halogens is 1. The van der Waals surface area contributed by atoms with Crippen molar-refractivity contribution in [2.45, 2.75) is 26.8 Å². The van der Waals surface area contributed by atoms with Gasteiger partial charge in [-0.3, -0.25) is 19.5 Å². The number of allylic oxidation sites excluding steroid dienone is 1. The van der Waals surface area contributed by atoms with Gasteiger partial charge in [0.15, 0.2) is 11.4 Å². The minimum atomic E-state index is -0.754. The summed E-state index contributed by atoms with van der Waals surface area (Å²) < 4.78 is 12.5. The van der Waals surface area contributed by atoms with Crippen LogP contribution in [0.5, 0.6) is 5.75 Å². The van der Waals surface area contributed by atoms with Crippen LogP contribution in [0.4, 0.5) is 5.69 Å². The van der Waals surface area contributed by atoms with Crippen molar-refractivity contribution in [3.63, 3.8) is 0 Å². The number of nitro benzene ring substituents is 1. The van der Waals surface area contributed by atoms with Crippen molar-refractivity contribution in [3.05, 3.63) is 98.6 Å². The number of aromatic nitrogens is 1. The molecule has 0 unspecified atom stereocenters. The van der Waals surface area contributed by atoms with Gasteiger partial charge in [-0.15, -0.1) is 0 Å². The number of fused-ring (bicyclic) bond motifs is 1. The maximum atomic E-state index is 13.7. The first-order valence-corrected chi connectivity index (χ1v) is 13.0. The predicted octanol–water partition coefficient (Wildman–Crippen LogP) is 3.68. The number of benzene rings is 2. The summed E-state index contributed by atoms with van der Waals surface area (Å²) >= 11 is 4.37. The van der Waals surface area contributed by atoms with Crippen LogP contribution >= 0.6 is 27.3 Å². The van der Waals surface area contributed by atoms with E-state index in [4.69, 9.17) is 14.7 Å². The number of carbonyl (C=O) groups excluding carboxylic acids is 1. The van der Waals surface area contributed by atoms with E-state index < -0.39 is 22.5 Å². The SMILES string of the molecule is CCOC(=O)C1=C(C)N=c2s/c(=C\c3cc(Br)c(OCC#N)c([N+](=O)[O-])c3)c(=O)n2[C@@H]1c1ccc(C)cc1. The molecular weight excluding hydrogens is 576 g/mol. The summed E-state index contributed by atoms with van der Waals surface area (Å²) in [5.41, 5.74) is 2.06. The van der Waals surface area contributed by atoms with Crippen molar-refractivity contribution in [2.24, 2.45) is 4.99 Å². The number of rotatable bonds is 7. The highest BCUT2D eigenvalue weighted by molar-refractivity contribution is 9.10. The van der Waals surface area contributed by atoms with E-state index in [-0.39, 0.29) is 39.2 Å². The molecule has 0 saturated heterocycles. The topological polar surface area (TPSA) is 137 Å². The van der Waals surface area contributed by atoms with Crippen LogP contribution < -0.4 is 19.6 Å². The molecule has 2 heterocycles. The first kappa shape index (κ1) is 27.0. The van der Waals surface area contributed by atoms with Crippen LogP contribution in [0.3, 0.4) is 0 Å². The Bertz CT molecular complexity index is 1700. The highest BCUT2D eigenvalue weighted by Crippen LogP contribution is 2.37. The molecule has 4 rings (SSSR count). The highest BCUT2D eigenvalue weighted by Gasteiger charge is 2.33. The zero-order chi connectivity index (χ0) is 27.6. The van der Waals surface area contributed by atoms with Crippen molar-refractivity contribution >= 4 is 45.0 Å². The van der Waals surface area contributed by atoms with Gasteiger partial charge in [0.2, 0.25) is 5.75 Å². The van der Waals surface area contributed by atoms with Gasteiger partial charge in [0.1, 0.15) is 6.07 Å². The molecule has 3 aromatic rings. The van der Waals surface area contributed by atoms with E-state index in [1.54, 1.807) is 26.0 Å². The van der Waals surface area contributed by atoms with Crippen LogP contribution in [-0.4, -0.2) is 28.7 Å². The third kappa shape index (κ3) is 5.16. The van der Waals surface area contributed by atoms with Crippen molar-refractivity contribution in [1.29, 1.82) is 5.26 Å². The van der Waals surface area contributed by atoms with Crippen LogP contribution in [0, 0.1) is 28.4 Å². The summed E-state index contributed by atoms with van der Waals surface area (Å²) in [5, 5.41) is 20.4. The molecule has 0 amide bonds. The van der Waals surface area contributed by atoms with Crippen LogP contribution in [0.1, 0.15) is 36.6 Å². The molecule has 0 spiro atoms. The Hall–Kier alpha value is -4.08. The van der Waals surface area contributed by atoms with Crippen LogP contribution in [0.2, 0.25) is 0 Å². The quantitative estimate of drug-likeness (QED) is 0.230. The first-order valence-electron chi connectivity index (χ1n) is 11.4. The third-order valence-electron chi connectivity index (χ3n) is 5.73. The summed E-state index contributed by atoms with van der Waals surface area (Å²) in [6.45, 7) is 5.15. The van der Waals surface area contributed by atoms with Gasteiger partial charge in [-0.2, -0.15) is 5.26 Å². The zero-order valence-corrected chi connectivity index (χ0v) is 23.0. The summed E-state index contributed by atoms with van der Waals surface area (Å²) in [6.07, 6.45) is 1.52. The Balaban J connectivity index is 1.92. The molecule has 38 heavy (non-hydrogen) atoms. The Morgan fingerprint density at radius 3 is 2.66 bits per heavy atom. The van der Waals surface area contributed by atoms with E-state index >= 15 is 0 Å². The molecule has 194 valence electrons. The second-order valence-corrected chi connectivity index (χ2v) is 10.1. The summed E-state index contributed by atoms with van der Waals surface area (Å²) in [7, 11) is 0. The largest absolute Gasteiger partial charge is 0.471 e. The van der Waals surface area contributed by atoms with Crippen LogP contribution in [-0.2, 0) is 9.53 Å². The fraction of sp³-hybridized carbons (Fsp3) is 0.231. The maximum Gasteiger partial charge on any atom is 0.338 e. The minimum absolute atomic E-state index is 0.0794. The number of nitrogens with zero attached hydrogens (tertiary/aromatic N) is 4. The monoisotopic (exact) mass is 596 g/mol. The number of carbonyl (C=O) groups is 1. The van der Waals surface area contributed by atoms with Crippen LogP contribution in [0.15, 0.2) is 61.9 Å². The number of nitro groups is 1. The lowest BCUT2D eigenvalue weighted by molar-refractivity contribution is -0.385. The van der Waals surface area contributed by atoms with Gasteiger partial charge in [0.25, 0.3) is 5.56 Å². The number of thiazole rings is 1. The smallest absolute Gasteiger partial charge is 0.338 e. The number of nitriles is 1. The standard InChI is InChI=1S/C26H21BrN4O6S/c1-4-36-25(33)21-15(3)29-26-30(22(21)17-7-5-14(2)6-8-17)24(32)20(38-26)13-16-11-18(27)23(37-10-9-28)19(12-16)31(34)35/h5-8,11-13,22H,4,10H2,1-3H3/b20-13-/t22-/m1/s1. The van der Waals surface area contributed by atoms with E-state index in [1.165, 1.54) is 16.7 Å². The summed E-state index contributed by atoms with van der Waals surface area (Å²) in [6, 6.07) is 11.4. The molecule has 12 heteroatoms. The average Bonchev–Trinajstić information content (AvgIpc) is 3.17. The molecule has 0 radical (unpaired) electrons. The average molecular weight is 597 g/mol. The molecule has 0 saturated carbocycles. The van der Waals surface area contributed by atoms with Gasteiger partial charge >= 0.3 is 11.7 Å². The van der Waals surface area contributed by atoms with Gasteiger partial charge < -0.3 is 9.47 Å². The second kappa shape index (κ2) is 11.1. The van der Waals surface area contributed by atoms with Gasteiger partial charge in [-0.25, -0.2) is 9.79 Å². The molecule has 0 bridgehead atoms. The predicted molar refractivity (Wildman–Crippen MR) is 143 cm³/mol. The molecule has 1 aliphatic rings. The number of hydrogen-bond acceptors (Lipinski definition) is 9. The first-order chi connectivity index (χ1) is 18.2. The molecule has 0 aliphatic carbocycles. The Kier molecular flexibility index (Phi) is 7.89. The zero-order valence-electron chi connectivity index (χ0n) is 20.6. The molecule has 0 fully saturated rings. The fourth-order valence-corrected chi connectivity index (χ4v) is 5.70. The van der Waals surface area contributed by atoms with Crippen molar-refractivity contribution in [3.8, 4) is 11.8 Å². The van der Waals surface area contributed by atoms with E-state index in [2.05, 4.69) is 20.9 Å². The molecule has 1 aromatic heterocycles. The van der Waals surface area contributed by atoms with Crippen LogP contribution in [0.25, 0.3) is 6.08 Å². The lowest BCUT2D eigenvalue weighted by atomic mass is 9.95. The second-order valence-electron chi connectivity index (χ2n) is 8.27. The fourth-order valence-electron chi connectivity index (χ4n) is 4.07. The highest BCUT2D eigenvalue weighted by atomic mass is 79.9. The van der Waals surface area contributed by atoms with E-state index in [9.17, 15) is 19.7 Å². The lowest BCUT2D eigenvalue weighted by Crippen LogP contribution is -2.39. The Morgan fingerprint density at radius 1 is 1.32 bits per heavy atom. The molecule has 1 atom stereocenters. The van der Waals surface area contributed by atoms with E-state index in [1.807, 2.05) is 31.2 Å². The van der Waals surface area contributed by atoms with Gasteiger partial charge in [0, 0.05) is 6.07 Å². The maximum absolute atomic E-state index is 13.7. The normalized spacial score (nSPS) is 14.9. The minimum Gasteiger partial charge on any atom is -0.471 e. The van der Waals surface area contributed by atoms with Gasteiger partial charge in [0.05, 0.1) is 37.8 Å². The molecule has 10 nitrogen and oxygen atoms in total. The van der Waals surface area contributed by atoms with E-state index in [0.717, 1.165) is 22.5 Å². The molecule has 0 N–H and O–H groups in total. The summed E-state index contributed by atoms with van der Waals surface area (Å²) in [4.78, 5) is 42.6. The number of hydrogen-bond donors (Lipinski definition) is 0. The Labute approximate surface area is 229 Å². The number of aryl methyl sites for hydroxylation is 1. The Morgan fingerprint density at radius 2 is 2.03 bits per heavy atom. The third-order valence-corrected chi connectivity index (χ3v) is 7.30. The van der Waals surface area contributed by atoms with Crippen molar-refractivity contribution < 1.29 is 19.2 Å². The number of esters is 1. The lowest BCUT2D eigenvalue weighted by Gasteiger charge is -2.24. The molecular formula is C26H21BrN4O6S. The van der Waals surface area contributed by atoms with Gasteiger partial charge in [-0.1, -0.05) is 41.2 Å². The van der Waals surface area contributed by atoms with Crippen molar-refractivity contribution in [1.82, 2.24) is 4.57 Å².